The molecular formula is C21H18N4O4S2. The molecule has 0 aliphatic carbocycles. The minimum atomic E-state index is -0.510. The highest BCUT2D eigenvalue weighted by atomic mass is 32.2. The Labute approximate surface area is 187 Å². The average molecular weight is 455 g/mol. The molecule has 4 rings (SSSR count). The number of aliphatic imine (C=N–C) groups is 1. The number of nitrogens with one attached hydrogen (secondary N) is 1. The van der Waals surface area contributed by atoms with Gasteiger partial charge in [-0.05, 0) is 43.0 Å². The zero-order valence-corrected chi connectivity index (χ0v) is 18.4. The molecule has 0 atom stereocenters. The molecule has 0 unspecified atom stereocenters. The first-order valence-electron chi connectivity index (χ1n) is 9.50. The molecule has 0 radical (unpaired) electrons. The molecule has 3 heterocycles. The van der Waals surface area contributed by atoms with Gasteiger partial charge in [0.25, 0.3) is 5.91 Å². The van der Waals surface area contributed by atoms with Crippen LogP contribution in [0, 0.1) is 5.41 Å². The van der Waals surface area contributed by atoms with Crippen molar-refractivity contribution in [3.63, 3.8) is 0 Å². The fourth-order valence-electron chi connectivity index (χ4n) is 2.97. The van der Waals surface area contributed by atoms with Crippen LogP contribution in [-0.4, -0.2) is 45.3 Å². The molecule has 1 N–H and O–H groups in total. The number of nitrogens with zero attached hydrogens (tertiary/aromatic N) is 3. The van der Waals surface area contributed by atoms with E-state index in [1.54, 1.807) is 42.2 Å². The molecule has 8 nitrogen and oxygen atoms in total. The number of thioether (sulfide) groups is 1. The van der Waals surface area contributed by atoms with Crippen LogP contribution in [0.15, 0.2) is 55.8 Å². The van der Waals surface area contributed by atoms with Crippen molar-refractivity contribution < 1.29 is 18.7 Å². The minimum absolute atomic E-state index is 0.0157. The smallest absolute Gasteiger partial charge is 0.338 e. The molecule has 158 valence electrons. The Morgan fingerprint density at radius 3 is 2.94 bits per heavy atom. The summed E-state index contributed by atoms with van der Waals surface area (Å²) in [5.41, 5.74) is 1.25. The standard InChI is InChI=1S/C21H18N4O4S2/c1-3-28-19(27)13-7-5-6-12(10-13)16-9-8-14(29-16)11-15-17(22)25-20(23-18(15)26)31-24-21(25)30-4-2/h5-11,22H,3-4H2,1-2H3/b15-11-,22-17?. The maximum Gasteiger partial charge on any atom is 0.338 e. The summed E-state index contributed by atoms with van der Waals surface area (Å²) in [7, 11) is 0. The van der Waals surface area contributed by atoms with Crippen molar-refractivity contribution in [1.29, 1.82) is 5.41 Å². The third-order valence-corrected chi connectivity index (χ3v) is 5.98. The lowest BCUT2D eigenvalue weighted by Gasteiger charge is -2.23. The molecule has 2 aliphatic rings. The fraction of sp³-hybridized carbons (Fsp3) is 0.190. The Morgan fingerprint density at radius 1 is 1.32 bits per heavy atom. The van der Waals surface area contributed by atoms with Gasteiger partial charge >= 0.3 is 5.97 Å². The van der Waals surface area contributed by atoms with Crippen LogP contribution in [0.5, 0.6) is 0 Å². The van der Waals surface area contributed by atoms with E-state index in [-0.39, 0.29) is 11.4 Å². The van der Waals surface area contributed by atoms with Gasteiger partial charge in [0.2, 0.25) is 5.17 Å². The highest BCUT2D eigenvalue weighted by molar-refractivity contribution is 8.19. The van der Waals surface area contributed by atoms with Crippen molar-refractivity contribution in [3.05, 3.63) is 53.3 Å². The second-order valence-electron chi connectivity index (χ2n) is 6.34. The number of amides is 1. The number of hydrogen-bond donors (Lipinski definition) is 1. The van der Waals surface area contributed by atoms with Crippen molar-refractivity contribution in [1.82, 2.24) is 4.90 Å². The number of fused-ring (bicyclic) bond motifs is 1. The minimum Gasteiger partial charge on any atom is -0.462 e. The maximum atomic E-state index is 12.5. The molecule has 0 saturated heterocycles. The van der Waals surface area contributed by atoms with Crippen molar-refractivity contribution >= 4 is 57.8 Å². The summed E-state index contributed by atoms with van der Waals surface area (Å²) in [5.74, 6) is 0.815. The van der Waals surface area contributed by atoms with Crippen LogP contribution in [0.2, 0.25) is 0 Å². The molecule has 31 heavy (non-hydrogen) atoms. The fourth-order valence-corrected chi connectivity index (χ4v) is 4.54. The van der Waals surface area contributed by atoms with Gasteiger partial charge < -0.3 is 9.15 Å². The van der Waals surface area contributed by atoms with Crippen molar-refractivity contribution in [2.24, 2.45) is 9.39 Å². The number of furan rings is 1. The quantitative estimate of drug-likeness (QED) is 0.404. The van der Waals surface area contributed by atoms with Gasteiger partial charge in [0.1, 0.15) is 17.4 Å². The predicted octanol–water partition coefficient (Wildman–Crippen LogP) is 4.45. The Kier molecular flexibility index (Phi) is 6.10. The van der Waals surface area contributed by atoms with Crippen LogP contribution in [-0.2, 0) is 9.53 Å². The summed E-state index contributed by atoms with van der Waals surface area (Å²) in [6, 6.07) is 10.4. The Morgan fingerprint density at radius 2 is 2.16 bits per heavy atom. The van der Waals surface area contributed by atoms with E-state index < -0.39 is 11.9 Å². The zero-order chi connectivity index (χ0) is 22.0. The van der Waals surface area contributed by atoms with E-state index in [4.69, 9.17) is 14.6 Å². The second-order valence-corrected chi connectivity index (χ2v) is 8.30. The molecule has 1 amide bonds. The monoisotopic (exact) mass is 454 g/mol. The Balaban J connectivity index is 1.61. The largest absolute Gasteiger partial charge is 0.462 e. The normalized spacial score (nSPS) is 17.0. The zero-order valence-electron chi connectivity index (χ0n) is 16.7. The van der Waals surface area contributed by atoms with E-state index in [1.807, 2.05) is 13.0 Å². The summed E-state index contributed by atoms with van der Waals surface area (Å²) in [5, 5.41) is 9.52. The highest BCUT2D eigenvalue weighted by Crippen LogP contribution is 2.32. The van der Waals surface area contributed by atoms with E-state index in [9.17, 15) is 9.59 Å². The highest BCUT2D eigenvalue weighted by Gasteiger charge is 2.37. The molecule has 0 fully saturated rings. The number of carbonyl (C=O) groups is 2. The first-order chi connectivity index (χ1) is 15.0. The van der Waals surface area contributed by atoms with Crippen LogP contribution >= 0.6 is 23.7 Å². The third kappa shape index (κ3) is 4.21. The van der Waals surface area contributed by atoms with Crippen LogP contribution in [0.3, 0.4) is 0 Å². The SMILES string of the molecule is CCOC(=O)c1cccc(-c2ccc(/C=C3/C(=N)N4C(SCC)=NSC4=NC3=O)o2)c1. The van der Waals surface area contributed by atoms with Gasteiger partial charge in [-0.2, -0.15) is 9.39 Å². The lowest BCUT2D eigenvalue weighted by Crippen LogP contribution is -2.41. The second kappa shape index (κ2) is 8.94. The van der Waals surface area contributed by atoms with Gasteiger partial charge in [0, 0.05) is 5.56 Å². The first kappa shape index (κ1) is 21.1. The topological polar surface area (TPSA) is 108 Å². The van der Waals surface area contributed by atoms with E-state index in [0.29, 0.717) is 39.6 Å². The molecule has 1 aromatic heterocycles. The van der Waals surface area contributed by atoms with E-state index in [0.717, 1.165) is 17.7 Å². The van der Waals surface area contributed by atoms with Crippen molar-refractivity contribution in [3.8, 4) is 11.3 Å². The summed E-state index contributed by atoms with van der Waals surface area (Å²) in [6.45, 7) is 4.04. The molecule has 2 aliphatic heterocycles. The lowest BCUT2D eigenvalue weighted by molar-refractivity contribution is -0.114. The Hall–Kier alpha value is -3.11. The first-order valence-corrected chi connectivity index (χ1v) is 11.3. The van der Waals surface area contributed by atoms with E-state index in [2.05, 4.69) is 9.39 Å². The van der Waals surface area contributed by atoms with Crippen molar-refractivity contribution in [2.45, 2.75) is 13.8 Å². The van der Waals surface area contributed by atoms with Gasteiger partial charge in [0.15, 0.2) is 5.17 Å². The van der Waals surface area contributed by atoms with E-state index >= 15 is 0 Å². The van der Waals surface area contributed by atoms with Crippen LogP contribution in [0.1, 0.15) is 30.0 Å². The number of amidine groups is 3. The predicted molar refractivity (Wildman–Crippen MR) is 123 cm³/mol. The molecule has 0 saturated carbocycles. The number of ether oxygens (including phenoxy) is 1. The van der Waals surface area contributed by atoms with E-state index in [1.165, 1.54) is 17.8 Å². The number of esters is 1. The lowest BCUT2D eigenvalue weighted by atomic mass is 10.1. The maximum absolute atomic E-state index is 12.5. The van der Waals surface area contributed by atoms with Gasteiger partial charge in [-0.1, -0.05) is 30.8 Å². The molecular weight excluding hydrogens is 436 g/mol. The summed E-state index contributed by atoms with van der Waals surface area (Å²) >= 11 is 2.57. The third-order valence-electron chi connectivity index (χ3n) is 4.34. The molecule has 0 bridgehead atoms. The molecule has 0 spiro atoms. The molecule has 10 heteroatoms. The van der Waals surface area contributed by atoms with Crippen LogP contribution in [0.25, 0.3) is 17.4 Å². The summed E-state index contributed by atoms with van der Waals surface area (Å²) in [4.78, 5) is 30.1. The summed E-state index contributed by atoms with van der Waals surface area (Å²) < 4.78 is 15.2. The number of rotatable bonds is 5. The number of benzene rings is 1. The average Bonchev–Trinajstić information content (AvgIpc) is 3.39. The number of hydrogen-bond acceptors (Lipinski definition) is 8. The van der Waals surface area contributed by atoms with Gasteiger partial charge in [-0.15, -0.1) is 0 Å². The van der Waals surface area contributed by atoms with Crippen LogP contribution in [0.4, 0.5) is 0 Å². The van der Waals surface area contributed by atoms with Crippen molar-refractivity contribution in [2.75, 3.05) is 12.4 Å². The van der Waals surface area contributed by atoms with Gasteiger partial charge in [-0.25, -0.2) is 9.69 Å². The number of carbonyl (C=O) groups excluding carboxylic acids is 2. The van der Waals surface area contributed by atoms with Gasteiger partial charge in [0.05, 0.1) is 29.7 Å². The molecule has 1 aromatic carbocycles. The van der Waals surface area contributed by atoms with Crippen LogP contribution < -0.4 is 0 Å². The summed E-state index contributed by atoms with van der Waals surface area (Å²) in [6.07, 6.45) is 1.50. The van der Waals surface area contributed by atoms with Gasteiger partial charge in [-0.3, -0.25) is 10.2 Å². The Bertz CT molecular complexity index is 1170. The molecule has 2 aromatic rings.